The minimum atomic E-state index is 0.581. The summed E-state index contributed by atoms with van der Waals surface area (Å²) in [6, 6.07) is 168. The van der Waals surface area contributed by atoms with Crippen molar-refractivity contribution in [2.24, 2.45) is 0 Å². The van der Waals surface area contributed by atoms with E-state index in [9.17, 15) is 0 Å². The Hall–Kier alpha value is -17.7. The van der Waals surface area contributed by atoms with Crippen LogP contribution in [0.4, 0.5) is 0 Å². The molecule has 1 aliphatic carbocycles. The number of aromatic nitrogens is 8. The van der Waals surface area contributed by atoms with E-state index in [0.29, 0.717) is 34.9 Å². The van der Waals surface area contributed by atoms with E-state index in [4.69, 9.17) is 29.9 Å². The maximum Gasteiger partial charge on any atom is 0.164 e. The van der Waals surface area contributed by atoms with E-state index < -0.39 is 0 Å². The minimum absolute atomic E-state index is 0.581. The lowest BCUT2D eigenvalue weighted by atomic mass is 9.90. The summed E-state index contributed by atoms with van der Waals surface area (Å²) in [6.07, 6.45) is 8.71. The van der Waals surface area contributed by atoms with E-state index in [1.165, 1.54) is 22.3 Å². The van der Waals surface area contributed by atoms with Gasteiger partial charge in [-0.1, -0.05) is 352 Å². The van der Waals surface area contributed by atoms with Gasteiger partial charge in [0.25, 0.3) is 0 Å². The number of fused-ring (bicyclic) bond motifs is 6. The molecule has 8 heteroatoms. The molecule has 19 aromatic carbocycles. The van der Waals surface area contributed by atoms with Crippen molar-refractivity contribution >= 4 is 49.2 Å². The summed E-state index contributed by atoms with van der Waals surface area (Å²) in [6.45, 7) is 0. The first-order valence-corrected chi connectivity index (χ1v) is 45.7. The van der Waals surface area contributed by atoms with Crippen LogP contribution in [0.25, 0.3) is 240 Å². The summed E-state index contributed by atoms with van der Waals surface area (Å²) in [5.74, 6) is 3.55. The molecule has 0 saturated heterocycles. The van der Waals surface area contributed by atoms with Crippen LogP contribution < -0.4 is 0 Å². The third kappa shape index (κ3) is 15.4. The van der Waals surface area contributed by atoms with Crippen molar-refractivity contribution < 1.29 is 0 Å². The Balaban J connectivity index is 0.573. The first-order chi connectivity index (χ1) is 66.4. The molecular weight excluding hydrogens is 1630 g/mol. The molecule has 0 fully saturated rings. The zero-order chi connectivity index (χ0) is 88.8. The van der Waals surface area contributed by atoms with Gasteiger partial charge in [0.05, 0.1) is 22.1 Å². The molecule has 134 heavy (non-hydrogen) atoms. The van der Waals surface area contributed by atoms with Crippen LogP contribution in [0, 0.1) is 0 Å². The summed E-state index contributed by atoms with van der Waals surface area (Å²) in [7, 11) is 0. The van der Waals surface area contributed by atoms with Gasteiger partial charge in [-0.25, -0.2) is 29.9 Å². The van der Waals surface area contributed by atoms with Gasteiger partial charge in [0.15, 0.2) is 34.9 Å². The van der Waals surface area contributed by atoms with Crippen molar-refractivity contribution in [2.75, 3.05) is 0 Å². The van der Waals surface area contributed by atoms with Crippen molar-refractivity contribution in [3.8, 4) is 191 Å². The maximum absolute atomic E-state index is 5.41. The highest BCUT2D eigenvalue weighted by atomic mass is 15.0. The summed E-state index contributed by atoms with van der Waals surface area (Å²) in [4.78, 5) is 32.0. The Labute approximate surface area is 777 Å². The molecule has 4 aromatic heterocycles. The van der Waals surface area contributed by atoms with E-state index in [2.05, 4.69) is 458 Å². The van der Waals surface area contributed by atoms with Crippen molar-refractivity contribution in [3.05, 3.63) is 491 Å². The first-order valence-electron chi connectivity index (χ1n) is 45.7. The molecule has 0 bridgehead atoms. The van der Waals surface area contributed by atoms with Crippen LogP contribution in [0.15, 0.2) is 485 Å². The fraction of sp³-hybridized carbons (Fsp3) is 0.0159. The molecule has 0 atom stereocenters. The molecule has 0 unspecified atom stereocenters. The lowest BCUT2D eigenvalue weighted by Crippen LogP contribution is -2.00. The van der Waals surface area contributed by atoms with Gasteiger partial charge >= 0.3 is 0 Å². The number of benzene rings is 19. The van der Waals surface area contributed by atoms with Gasteiger partial charge in [-0.05, 0) is 269 Å². The quantitative estimate of drug-likeness (QED) is 0.0802. The molecular formula is C126H84N8. The Morgan fingerprint density at radius 1 is 0.172 bits per heavy atom. The highest BCUT2D eigenvalue weighted by Crippen LogP contribution is 2.47. The van der Waals surface area contributed by atoms with Crippen LogP contribution in [-0.2, 0) is 0 Å². The van der Waals surface area contributed by atoms with Crippen LogP contribution in [0.5, 0.6) is 0 Å². The second-order valence-corrected chi connectivity index (χ2v) is 34.4. The SMILES string of the molecule is C1=CCCC(c2cc(-c3ccccc3)cc(-c3cccc(-c4nc(-c5ccccc5)nc(-c5cccc(-c6cccc7c6c6cc(-c8cccc(-c9cccc(-c%10ccc%11c(c%10)c%10c(-c%12cccc(-c%13nc(-c%14ccccc%14)nc(-c%14cccc(-c%15cc(-c%16ccccc%16)cc(-c%16ccccc%16)c%15)c%14)n%13)c%12)cccc%10n%11-c%10ccccc%10)c9)c8)ccc6n7-c6ccccc6)c5)n4)c3)c2)=C1. The number of nitrogens with zero attached hydrogens (tertiary/aromatic N) is 8. The van der Waals surface area contributed by atoms with Crippen LogP contribution in [0.2, 0.25) is 0 Å². The zero-order valence-corrected chi connectivity index (χ0v) is 73.2. The summed E-state index contributed by atoms with van der Waals surface area (Å²) in [5, 5.41) is 4.58. The summed E-state index contributed by atoms with van der Waals surface area (Å²) in [5.41, 5.74) is 36.8. The van der Waals surface area contributed by atoms with Gasteiger partial charge in [0, 0.05) is 66.3 Å². The smallest absolute Gasteiger partial charge is 0.164 e. The fourth-order valence-corrected chi connectivity index (χ4v) is 19.5. The standard InChI is InChI=1S/C126H84N8/c1-9-33-83(34-10-1)103-75-104(84-35-11-2-12-36-84)78-107(77-103)93-49-27-53-99(71-93)123-127-121(87-41-17-5-18-42-87)129-125(131-123)101-55-29-51-97(73-101)111-61-31-63-117-119(111)113-81-95(65-67-115(113)133(117)109-57-21-7-22-58-109)91-47-25-45-89(69-91)90-46-26-48-92(70-90)96-66-68-116-114(82-96)120-112(62-32-64-118(120)134(116)110-59-23-8-24-60-110)98-52-30-56-102(74-98)126-130-122(88-43-19-6-20-44-88)128-124(132-126)100-54-28-50-94(72-100)108-79-105(85-37-13-3-14-38-85)76-106(80-108)86-39-15-4-16-40-86/h1-15,17-39,41-82H,16,40H2. The van der Waals surface area contributed by atoms with Gasteiger partial charge in [0.1, 0.15) is 0 Å². The van der Waals surface area contributed by atoms with Gasteiger partial charge in [0.2, 0.25) is 0 Å². The number of hydrogen-bond acceptors (Lipinski definition) is 6. The molecule has 23 aromatic rings. The average Bonchev–Trinajstić information content (AvgIpc) is 1.53. The largest absolute Gasteiger partial charge is 0.309 e. The average molecular weight is 1710 g/mol. The number of hydrogen-bond donors (Lipinski definition) is 0. The van der Waals surface area contributed by atoms with E-state index >= 15 is 0 Å². The Morgan fingerprint density at radius 3 is 0.754 bits per heavy atom. The molecule has 0 radical (unpaired) electrons. The van der Waals surface area contributed by atoms with Crippen molar-refractivity contribution in [1.82, 2.24) is 39.0 Å². The van der Waals surface area contributed by atoms with Crippen LogP contribution in [0.1, 0.15) is 18.4 Å². The van der Waals surface area contributed by atoms with E-state index in [-0.39, 0.29) is 0 Å². The predicted octanol–water partition coefficient (Wildman–Crippen LogP) is 32.7. The van der Waals surface area contributed by atoms with E-state index in [1.54, 1.807) is 0 Å². The lowest BCUT2D eigenvalue weighted by molar-refractivity contribution is 1.05. The van der Waals surface area contributed by atoms with Gasteiger partial charge in [-0.2, -0.15) is 0 Å². The van der Waals surface area contributed by atoms with Crippen LogP contribution >= 0.6 is 0 Å². The van der Waals surface area contributed by atoms with Gasteiger partial charge < -0.3 is 9.13 Å². The number of para-hydroxylation sites is 2. The number of allylic oxidation sites excluding steroid dienone is 4. The molecule has 0 amide bonds. The lowest BCUT2D eigenvalue weighted by Gasteiger charge is -2.15. The molecule has 628 valence electrons. The number of rotatable bonds is 19. The third-order valence-electron chi connectivity index (χ3n) is 26.0. The molecule has 0 N–H and O–H groups in total. The van der Waals surface area contributed by atoms with Crippen molar-refractivity contribution in [3.63, 3.8) is 0 Å². The van der Waals surface area contributed by atoms with Gasteiger partial charge in [-0.15, -0.1) is 0 Å². The molecule has 0 aliphatic heterocycles. The first kappa shape index (κ1) is 79.7. The summed E-state index contributed by atoms with van der Waals surface area (Å²) >= 11 is 0. The minimum Gasteiger partial charge on any atom is -0.309 e. The Bertz CT molecular complexity index is 8420. The second-order valence-electron chi connectivity index (χ2n) is 34.4. The normalized spacial score (nSPS) is 12.0. The van der Waals surface area contributed by atoms with E-state index in [1.807, 2.05) is 36.4 Å². The molecule has 8 nitrogen and oxygen atoms in total. The highest BCUT2D eigenvalue weighted by molar-refractivity contribution is 6.18. The topological polar surface area (TPSA) is 87.2 Å². The van der Waals surface area contributed by atoms with Crippen molar-refractivity contribution in [1.29, 1.82) is 0 Å². The summed E-state index contributed by atoms with van der Waals surface area (Å²) < 4.78 is 4.81. The fourth-order valence-electron chi connectivity index (χ4n) is 19.5. The zero-order valence-electron chi connectivity index (χ0n) is 73.2. The van der Waals surface area contributed by atoms with Crippen molar-refractivity contribution in [2.45, 2.75) is 12.8 Å². The van der Waals surface area contributed by atoms with E-state index in [0.717, 1.165) is 201 Å². The molecule has 24 rings (SSSR count). The Morgan fingerprint density at radius 2 is 0.418 bits per heavy atom. The monoisotopic (exact) mass is 1710 g/mol. The van der Waals surface area contributed by atoms with Gasteiger partial charge in [-0.3, -0.25) is 0 Å². The maximum atomic E-state index is 5.41. The molecule has 0 spiro atoms. The molecule has 4 heterocycles. The molecule has 1 aliphatic rings. The second kappa shape index (κ2) is 34.7. The highest BCUT2D eigenvalue weighted by Gasteiger charge is 2.25. The third-order valence-corrected chi connectivity index (χ3v) is 26.0. The van der Waals surface area contributed by atoms with Crippen LogP contribution in [-0.4, -0.2) is 39.0 Å². The Kier molecular flexibility index (Phi) is 20.6. The predicted molar refractivity (Wildman–Crippen MR) is 555 cm³/mol. The molecule has 0 saturated carbocycles. The van der Waals surface area contributed by atoms with Crippen LogP contribution in [0.3, 0.4) is 0 Å².